The predicted molar refractivity (Wildman–Crippen MR) is 145 cm³/mol. The number of nitrogens with zero attached hydrogens (tertiary/aromatic N) is 1. The van der Waals surface area contributed by atoms with Gasteiger partial charge in [0, 0.05) is 23.5 Å². The number of rotatable bonds is 7. The molecule has 0 aliphatic heterocycles. The highest BCUT2D eigenvalue weighted by molar-refractivity contribution is 6.34. The fourth-order valence-electron chi connectivity index (χ4n) is 4.97. The van der Waals surface area contributed by atoms with E-state index < -0.39 is 5.97 Å². The summed E-state index contributed by atoms with van der Waals surface area (Å²) in [6.07, 6.45) is 4.35. The zero-order chi connectivity index (χ0) is 27.6. The molecule has 9 heteroatoms. The van der Waals surface area contributed by atoms with Gasteiger partial charge in [0.25, 0.3) is 0 Å². The number of methoxy groups -OCH3 is 5. The molecule has 2 unspecified atom stereocenters. The van der Waals surface area contributed by atoms with E-state index in [1.165, 1.54) is 20.4 Å². The number of halogens is 1. The van der Waals surface area contributed by atoms with Crippen molar-refractivity contribution in [3.05, 3.63) is 52.3 Å². The molecule has 3 aromatic rings. The number of carbonyl (C=O) groups is 1. The Kier molecular flexibility index (Phi) is 8.21. The summed E-state index contributed by atoms with van der Waals surface area (Å²) in [5.41, 5.74) is 3.24. The van der Waals surface area contributed by atoms with Gasteiger partial charge in [0.15, 0.2) is 23.0 Å². The zero-order valence-electron chi connectivity index (χ0n) is 22.6. The van der Waals surface area contributed by atoms with Gasteiger partial charge in [-0.25, -0.2) is 4.79 Å². The molecule has 1 aliphatic carbocycles. The maximum absolute atomic E-state index is 13.3. The monoisotopic (exact) mass is 541 g/mol. The SMILES string of the molecule is COc1cc2c(c(OC)c1OC)-c1c(c(Cl)c(OC)c(OC)c1OC(=O)c1cccnc1)CC(C)C(C)C2. The van der Waals surface area contributed by atoms with Crippen molar-refractivity contribution in [2.75, 3.05) is 35.5 Å². The Morgan fingerprint density at radius 1 is 0.842 bits per heavy atom. The Morgan fingerprint density at radius 3 is 2.08 bits per heavy atom. The first-order chi connectivity index (χ1) is 18.3. The first-order valence-corrected chi connectivity index (χ1v) is 12.6. The molecule has 0 N–H and O–H groups in total. The van der Waals surface area contributed by atoms with Crippen LogP contribution < -0.4 is 28.4 Å². The van der Waals surface area contributed by atoms with Crippen LogP contribution in [0.25, 0.3) is 11.1 Å². The van der Waals surface area contributed by atoms with E-state index in [4.69, 9.17) is 40.0 Å². The van der Waals surface area contributed by atoms with Crippen LogP contribution in [0.5, 0.6) is 34.5 Å². The molecule has 0 spiro atoms. The summed E-state index contributed by atoms with van der Waals surface area (Å²) in [4.78, 5) is 17.4. The highest BCUT2D eigenvalue weighted by Crippen LogP contribution is 2.58. The van der Waals surface area contributed by atoms with Crippen LogP contribution in [0.15, 0.2) is 30.6 Å². The minimum atomic E-state index is -0.604. The van der Waals surface area contributed by atoms with Crippen LogP contribution in [0.4, 0.5) is 0 Å². The van der Waals surface area contributed by atoms with Crippen molar-refractivity contribution >= 4 is 17.6 Å². The zero-order valence-corrected chi connectivity index (χ0v) is 23.4. The molecule has 0 bridgehead atoms. The Morgan fingerprint density at radius 2 is 1.50 bits per heavy atom. The summed E-state index contributed by atoms with van der Waals surface area (Å²) in [7, 11) is 7.67. The normalized spacial score (nSPS) is 16.3. The van der Waals surface area contributed by atoms with Crippen molar-refractivity contribution in [3.63, 3.8) is 0 Å². The number of ether oxygens (including phenoxy) is 6. The van der Waals surface area contributed by atoms with Crippen LogP contribution in [-0.4, -0.2) is 46.5 Å². The van der Waals surface area contributed by atoms with Crippen molar-refractivity contribution in [2.45, 2.75) is 26.7 Å². The largest absolute Gasteiger partial charge is 0.493 e. The van der Waals surface area contributed by atoms with Crippen LogP contribution in [0.2, 0.25) is 5.02 Å². The van der Waals surface area contributed by atoms with E-state index in [9.17, 15) is 4.79 Å². The smallest absolute Gasteiger partial charge is 0.345 e. The number of esters is 1. The van der Waals surface area contributed by atoms with E-state index in [0.29, 0.717) is 46.2 Å². The van der Waals surface area contributed by atoms with Crippen molar-refractivity contribution < 1.29 is 33.2 Å². The van der Waals surface area contributed by atoms with E-state index in [1.54, 1.807) is 39.7 Å². The molecule has 0 radical (unpaired) electrons. The molecule has 2 aromatic carbocycles. The topological polar surface area (TPSA) is 85.3 Å². The quantitative estimate of drug-likeness (QED) is 0.264. The van der Waals surface area contributed by atoms with Gasteiger partial charge in [-0.1, -0.05) is 25.4 Å². The second kappa shape index (κ2) is 11.4. The molecule has 1 heterocycles. The van der Waals surface area contributed by atoms with Gasteiger partial charge in [0.2, 0.25) is 11.5 Å². The molecule has 0 saturated carbocycles. The summed E-state index contributed by atoms with van der Waals surface area (Å²) in [5, 5.41) is 0.379. The van der Waals surface area contributed by atoms with E-state index in [1.807, 2.05) is 6.07 Å². The molecule has 8 nitrogen and oxygen atoms in total. The predicted octanol–water partition coefficient (Wildman–Crippen LogP) is 6.04. The molecule has 1 aromatic heterocycles. The van der Waals surface area contributed by atoms with Gasteiger partial charge in [-0.05, 0) is 54.0 Å². The Bertz CT molecular complexity index is 1340. The van der Waals surface area contributed by atoms with Crippen LogP contribution in [0.3, 0.4) is 0 Å². The molecule has 0 amide bonds. The summed E-state index contributed by atoms with van der Waals surface area (Å²) >= 11 is 7.02. The van der Waals surface area contributed by atoms with Gasteiger partial charge < -0.3 is 28.4 Å². The molecular weight excluding hydrogens is 510 g/mol. The van der Waals surface area contributed by atoms with Crippen LogP contribution in [0, 0.1) is 11.8 Å². The van der Waals surface area contributed by atoms with E-state index >= 15 is 0 Å². The van der Waals surface area contributed by atoms with Crippen LogP contribution in [0.1, 0.15) is 35.3 Å². The molecule has 0 saturated heterocycles. The lowest BCUT2D eigenvalue weighted by Gasteiger charge is -2.31. The minimum Gasteiger partial charge on any atom is -0.493 e. The number of aromatic nitrogens is 1. The van der Waals surface area contributed by atoms with Gasteiger partial charge in [-0.3, -0.25) is 4.98 Å². The molecule has 2 atom stereocenters. The molecular formula is C29H32ClNO7. The number of hydrogen-bond donors (Lipinski definition) is 0. The first-order valence-electron chi connectivity index (χ1n) is 12.2. The summed E-state index contributed by atoms with van der Waals surface area (Å²) in [6, 6.07) is 5.23. The second-order valence-electron chi connectivity index (χ2n) is 9.24. The molecule has 0 fully saturated rings. The highest BCUT2D eigenvalue weighted by atomic mass is 35.5. The fourth-order valence-corrected chi connectivity index (χ4v) is 5.30. The number of fused-ring (bicyclic) bond motifs is 3. The third-order valence-corrected chi connectivity index (χ3v) is 7.51. The second-order valence-corrected chi connectivity index (χ2v) is 9.61. The lowest BCUT2D eigenvalue weighted by Crippen LogP contribution is -2.20. The van der Waals surface area contributed by atoms with Gasteiger partial charge in [-0.15, -0.1) is 0 Å². The fraction of sp³-hybridized carbons (Fsp3) is 0.379. The standard InChI is InChI=1S/C29H32ClNO7/c1-15-11-18-13-20(33-3)24(34-4)25(35-5)21(18)22-19(12-16(15)2)23(30)27(36-6)28(37-7)26(22)38-29(32)17-9-8-10-31-14-17/h8-10,13-16H,11-12H2,1-7H3. The van der Waals surface area contributed by atoms with Crippen molar-refractivity contribution in [1.29, 1.82) is 0 Å². The lowest BCUT2D eigenvalue weighted by atomic mass is 9.77. The highest BCUT2D eigenvalue weighted by Gasteiger charge is 2.36. The van der Waals surface area contributed by atoms with Crippen LogP contribution >= 0.6 is 11.6 Å². The third-order valence-electron chi connectivity index (χ3n) is 7.11. The van der Waals surface area contributed by atoms with E-state index in [2.05, 4.69) is 18.8 Å². The average Bonchev–Trinajstić information content (AvgIpc) is 2.93. The average molecular weight is 542 g/mol. The van der Waals surface area contributed by atoms with Crippen molar-refractivity contribution in [3.8, 4) is 45.6 Å². The van der Waals surface area contributed by atoms with Gasteiger partial charge in [-0.2, -0.15) is 0 Å². The lowest BCUT2D eigenvalue weighted by molar-refractivity contribution is 0.0729. The number of hydrogen-bond acceptors (Lipinski definition) is 8. The van der Waals surface area contributed by atoms with Gasteiger partial charge >= 0.3 is 5.97 Å². The molecule has 1 aliphatic rings. The van der Waals surface area contributed by atoms with Crippen molar-refractivity contribution in [1.82, 2.24) is 4.98 Å². The van der Waals surface area contributed by atoms with E-state index in [0.717, 1.165) is 11.1 Å². The van der Waals surface area contributed by atoms with E-state index in [-0.39, 0.29) is 34.6 Å². The van der Waals surface area contributed by atoms with Gasteiger partial charge in [0.05, 0.1) is 46.1 Å². The molecule has 38 heavy (non-hydrogen) atoms. The Balaban J connectivity index is 2.16. The summed E-state index contributed by atoms with van der Waals surface area (Å²) in [5.74, 6) is 1.95. The summed E-state index contributed by atoms with van der Waals surface area (Å²) < 4.78 is 34.9. The molecule has 202 valence electrons. The first kappa shape index (κ1) is 27.4. The van der Waals surface area contributed by atoms with Crippen molar-refractivity contribution in [2.24, 2.45) is 11.8 Å². The Hall–Kier alpha value is -3.65. The maximum atomic E-state index is 13.3. The number of benzene rings is 2. The summed E-state index contributed by atoms with van der Waals surface area (Å²) in [6.45, 7) is 4.37. The maximum Gasteiger partial charge on any atom is 0.345 e. The number of carbonyl (C=O) groups excluding carboxylic acids is 1. The third kappa shape index (κ3) is 4.69. The van der Waals surface area contributed by atoms with Gasteiger partial charge in [0.1, 0.15) is 0 Å². The van der Waals surface area contributed by atoms with Crippen LogP contribution in [-0.2, 0) is 12.8 Å². The number of pyridine rings is 1. The molecule has 4 rings (SSSR count). The Labute approximate surface area is 227 Å². The minimum absolute atomic E-state index is 0.172.